The molecule has 0 atom stereocenters. The summed E-state index contributed by atoms with van der Waals surface area (Å²) in [5.74, 6) is -0.0650. The van der Waals surface area contributed by atoms with Crippen LogP contribution in [0.3, 0.4) is 0 Å². The van der Waals surface area contributed by atoms with E-state index in [4.69, 9.17) is 11.6 Å². The second kappa shape index (κ2) is 10.6. The standard InChI is InChI=1S/C25H27ClN2OS/c1-4-5-9-19(22-16-21(26)13-12-17(22)2)14-15-27-24(29)23-18(3)28-25(30-23)20-10-7-6-8-11-20/h6-13,16H,4-5,14-15H2,1-3H3,(H,27,29)/b19-9-. The number of hydrogen-bond donors (Lipinski definition) is 1. The van der Waals surface area contributed by atoms with Crippen LogP contribution in [0.5, 0.6) is 0 Å². The number of aromatic nitrogens is 1. The maximum absolute atomic E-state index is 12.8. The summed E-state index contributed by atoms with van der Waals surface area (Å²) < 4.78 is 0. The molecule has 30 heavy (non-hydrogen) atoms. The first kappa shape index (κ1) is 22.3. The van der Waals surface area contributed by atoms with Gasteiger partial charge in [-0.15, -0.1) is 11.3 Å². The van der Waals surface area contributed by atoms with Gasteiger partial charge in [-0.05, 0) is 55.5 Å². The third kappa shape index (κ3) is 5.59. The lowest BCUT2D eigenvalue weighted by molar-refractivity contribution is 0.0958. The molecule has 2 aromatic carbocycles. The number of aryl methyl sites for hydroxylation is 2. The third-order valence-electron chi connectivity index (χ3n) is 4.93. The molecule has 0 spiro atoms. The number of rotatable bonds is 8. The van der Waals surface area contributed by atoms with Crippen LogP contribution in [0.4, 0.5) is 0 Å². The Labute approximate surface area is 187 Å². The predicted octanol–water partition coefficient (Wildman–Crippen LogP) is 7.08. The Morgan fingerprint density at radius 2 is 1.93 bits per heavy atom. The first-order chi connectivity index (χ1) is 14.5. The number of nitrogens with zero attached hydrogens (tertiary/aromatic N) is 1. The minimum Gasteiger partial charge on any atom is -0.351 e. The van der Waals surface area contributed by atoms with Crippen LogP contribution in [0.25, 0.3) is 16.1 Å². The van der Waals surface area contributed by atoms with Crippen molar-refractivity contribution >= 4 is 34.4 Å². The molecule has 0 aliphatic carbocycles. The largest absolute Gasteiger partial charge is 0.351 e. The molecule has 0 saturated carbocycles. The van der Waals surface area contributed by atoms with Gasteiger partial charge in [-0.2, -0.15) is 0 Å². The molecule has 3 rings (SSSR count). The monoisotopic (exact) mass is 438 g/mol. The van der Waals surface area contributed by atoms with Gasteiger partial charge in [0, 0.05) is 17.1 Å². The topological polar surface area (TPSA) is 42.0 Å². The molecule has 3 aromatic rings. The highest BCUT2D eigenvalue weighted by molar-refractivity contribution is 7.17. The molecule has 0 bridgehead atoms. The minimum absolute atomic E-state index is 0.0650. The zero-order valence-electron chi connectivity index (χ0n) is 17.7. The van der Waals surface area contributed by atoms with Crippen molar-refractivity contribution in [3.8, 4) is 10.6 Å². The molecule has 1 heterocycles. The maximum Gasteiger partial charge on any atom is 0.263 e. The van der Waals surface area contributed by atoms with E-state index >= 15 is 0 Å². The number of hydrogen-bond acceptors (Lipinski definition) is 3. The number of amides is 1. The normalized spacial score (nSPS) is 11.5. The molecule has 1 aromatic heterocycles. The van der Waals surface area contributed by atoms with E-state index in [-0.39, 0.29) is 5.91 Å². The van der Waals surface area contributed by atoms with Crippen molar-refractivity contribution in [1.29, 1.82) is 0 Å². The van der Waals surface area contributed by atoms with E-state index in [0.29, 0.717) is 11.4 Å². The van der Waals surface area contributed by atoms with Crippen molar-refractivity contribution < 1.29 is 4.79 Å². The molecular weight excluding hydrogens is 412 g/mol. The van der Waals surface area contributed by atoms with Crippen molar-refractivity contribution in [3.63, 3.8) is 0 Å². The number of unbranched alkanes of at least 4 members (excludes halogenated alkanes) is 1. The molecule has 5 heteroatoms. The fraction of sp³-hybridized carbons (Fsp3) is 0.280. The molecule has 156 valence electrons. The third-order valence-corrected chi connectivity index (χ3v) is 6.37. The zero-order valence-corrected chi connectivity index (χ0v) is 19.2. The summed E-state index contributed by atoms with van der Waals surface area (Å²) in [5, 5.41) is 4.68. The number of thiazole rings is 1. The van der Waals surface area contributed by atoms with Gasteiger partial charge in [0.25, 0.3) is 5.91 Å². The SMILES string of the molecule is CCC/C=C(/CCNC(=O)c1sc(-c2ccccc2)nc1C)c1cc(Cl)ccc1C. The second-order valence-corrected chi connectivity index (χ2v) is 8.72. The average Bonchev–Trinajstić information content (AvgIpc) is 3.15. The second-order valence-electron chi connectivity index (χ2n) is 7.28. The fourth-order valence-electron chi connectivity index (χ4n) is 3.31. The smallest absolute Gasteiger partial charge is 0.263 e. The van der Waals surface area contributed by atoms with Crippen LogP contribution >= 0.6 is 22.9 Å². The van der Waals surface area contributed by atoms with Crippen LogP contribution in [-0.2, 0) is 0 Å². The van der Waals surface area contributed by atoms with E-state index in [9.17, 15) is 4.79 Å². The van der Waals surface area contributed by atoms with E-state index in [2.05, 4.69) is 30.2 Å². The summed E-state index contributed by atoms with van der Waals surface area (Å²) in [4.78, 5) is 18.0. The quantitative estimate of drug-likeness (QED) is 0.408. The Hall–Kier alpha value is -2.43. The van der Waals surface area contributed by atoms with E-state index < -0.39 is 0 Å². The van der Waals surface area contributed by atoms with Crippen molar-refractivity contribution in [2.24, 2.45) is 0 Å². The molecule has 3 nitrogen and oxygen atoms in total. The Bertz CT molecular complexity index is 1040. The lowest BCUT2D eigenvalue weighted by atomic mass is 9.96. The summed E-state index contributed by atoms with van der Waals surface area (Å²) >= 11 is 7.67. The first-order valence-electron chi connectivity index (χ1n) is 10.3. The number of carbonyl (C=O) groups excluding carboxylic acids is 1. The summed E-state index contributed by atoms with van der Waals surface area (Å²) in [7, 11) is 0. The minimum atomic E-state index is -0.0650. The zero-order chi connectivity index (χ0) is 21.5. The molecule has 0 aliphatic heterocycles. The van der Waals surface area contributed by atoms with Crippen molar-refractivity contribution in [3.05, 3.63) is 81.3 Å². The van der Waals surface area contributed by atoms with Crippen LogP contribution < -0.4 is 5.32 Å². The van der Waals surface area contributed by atoms with Gasteiger partial charge in [0.2, 0.25) is 0 Å². The molecular formula is C25H27ClN2OS. The molecule has 0 fully saturated rings. The molecule has 0 radical (unpaired) electrons. The van der Waals surface area contributed by atoms with Crippen LogP contribution in [-0.4, -0.2) is 17.4 Å². The van der Waals surface area contributed by atoms with Gasteiger partial charge in [-0.3, -0.25) is 4.79 Å². The van der Waals surface area contributed by atoms with Crippen LogP contribution in [0, 0.1) is 13.8 Å². The van der Waals surface area contributed by atoms with E-state index in [1.165, 1.54) is 22.5 Å². The van der Waals surface area contributed by atoms with Gasteiger partial charge < -0.3 is 5.32 Å². The Kier molecular flexibility index (Phi) is 7.83. The van der Waals surface area contributed by atoms with Crippen LogP contribution in [0.2, 0.25) is 5.02 Å². The maximum atomic E-state index is 12.8. The van der Waals surface area contributed by atoms with Gasteiger partial charge in [-0.1, -0.05) is 67.4 Å². The van der Waals surface area contributed by atoms with E-state index in [1.54, 1.807) is 0 Å². The number of allylic oxidation sites excluding steroid dienone is 1. The lowest BCUT2D eigenvalue weighted by Crippen LogP contribution is -2.24. The number of halogens is 1. The molecule has 0 saturated heterocycles. The Morgan fingerprint density at radius 3 is 2.67 bits per heavy atom. The van der Waals surface area contributed by atoms with Gasteiger partial charge in [0.1, 0.15) is 9.88 Å². The van der Waals surface area contributed by atoms with Crippen LogP contribution in [0.15, 0.2) is 54.6 Å². The Morgan fingerprint density at radius 1 is 1.17 bits per heavy atom. The van der Waals surface area contributed by atoms with Gasteiger partial charge >= 0.3 is 0 Å². The number of benzene rings is 2. The highest BCUT2D eigenvalue weighted by atomic mass is 35.5. The van der Waals surface area contributed by atoms with E-state index in [0.717, 1.165) is 46.1 Å². The Balaban J connectivity index is 1.69. The summed E-state index contributed by atoms with van der Waals surface area (Å²) in [6.45, 7) is 6.71. The highest BCUT2D eigenvalue weighted by Crippen LogP contribution is 2.28. The summed E-state index contributed by atoms with van der Waals surface area (Å²) in [6.07, 6.45) is 5.11. The van der Waals surface area contributed by atoms with Crippen molar-refractivity contribution in [2.45, 2.75) is 40.0 Å². The van der Waals surface area contributed by atoms with Crippen molar-refractivity contribution in [2.75, 3.05) is 6.54 Å². The lowest BCUT2D eigenvalue weighted by Gasteiger charge is -2.13. The highest BCUT2D eigenvalue weighted by Gasteiger charge is 2.16. The van der Waals surface area contributed by atoms with Gasteiger partial charge in [-0.25, -0.2) is 4.98 Å². The average molecular weight is 439 g/mol. The molecule has 1 amide bonds. The summed E-state index contributed by atoms with van der Waals surface area (Å²) in [5.41, 5.74) is 5.38. The molecule has 1 N–H and O–H groups in total. The van der Waals surface area contributed by atoms with Crippen LogP contribution in [0.1, 0.15) is 52.7 Å². The van der Waals surface area contributed by atoms with Gasteiger partial charge in [0.05, 0.1) is 5.69 Å². The first-order valence-corrected chi connectivity index (χ1v) is 11.5. The summed E-state index contributed by atoms with van der Waals surface area (Å²) in [6, 6.07) is 15.9. The number of carbonyl (C=O) groups is 1. The van der Waals surface area contributed by atoms with Gasteiger partial charge in [0.15, 0.2) is 0 Å². The van der Waals surface area contributed by atoms with E-state index in [1.807, 2.05) is 55.5 Å². The molecule has 0 aliphatic rings. The fourth-order valence-corrected chi connectivity index (χ4v) is 4.47. The van der Waals surface area contributed by atoms with Crippen molar-refractivity contribution in [1.82, 2.24) is 10.3 Å². The predicted molar refractivity (Wildman–Crippen MR) is 128 cm³/mol. The molecule has 0 unspecified atom stereocenters. The number of nitrogens with one attached hydrogen (secondary N) is 1.